The first-order valence-electron chi connectivity index (χ1n) is 31.6. The average Bonchev–Trinajstić information content (AvgIpc) is 1.74. The van der Waals surface area contributed by atoms with E-state index in [1.165, 1.54) is 25.0 Å². The quantitative estimate of drug-likeness (QED) is 0.0113. The van der Waals surface area contributed by atoms with Crippen molar-refractivity contribution in [1.29, 1.82) is 0 Å². The van der Waals surface area contributed by atoms with Crippen LogP contribution in [0.15, 0.2) is 91.0 Å². The summed E-state index contributed by atoms with van der Waals surface area (Å²) in [5.41, 5.74) is 26.9. The molecule has 514 valence electrons. The zero-order valence-electron chi connectivity index (χ0n) is 53.7. The number of aliphatic hydroxyl groups is 1. The third-order valence-electron chi connectivity index (χ3n) is 16.4. The minimum Gasteiger partial charge on any atom is -0.480 e. The van der Waals surface area contributed by atoms with E-state index in [2.05, 4.69) is 82.7 Å². The van der Waals surface area contributed by atoms with Crippen molar-refractivity contribution in [1.82, 2.24) is 77.8 Å². The van der Waals surface area contributed by atoms with Gasteiger partial charge in [0.15, 0.2) is 5.96 Å². The summed E-state index contributed by atoms with van der Waals surface area (Å²) >= 11 is 0. The number of aromatic amines is 4. The molecule has 32 nitrogen and oxygen atoms in total. The fourth-order valence-corrected chi connectivity index (χ4v) is 10.5. The molecule has 0 radical (unpaired) electrons. The van der Waals surface area contributed by atoms with E-state index in [1.807, 2.05) is 25.1 Å². The van der Waals surface area contributed by atoms with Gasteiger partial charge in [-0.2, -0.15) is 0 Å². The fraction of sp³-hybridized carbons (Fsp3) is 0.476. The lowest BCUT2D eigenvalue weighted by Gasteiger charge is -2.29. The van der Waals surface area contributed by atoms with Gasteiger partial charge in [-0.15, -0.1) is 0 Å². The van der Waals surface area contributed by atoms with Crippen LogP contribution in [-0.2, 0) is 73.6 Å². The van der Waals surface area contributed by atoms with Crippen LogP contribution in [0.1, 0.15) is 95.2 Å². The van der Waals surface area contributed by atoms with Gasteiger partial charge in [-0.3, -0.25) is 48.1 Å². The number of carbonyl (C=O) groups is 10. The lowest BCUT2D eigenvalue weighted by atomic mass is 9.96. The summed E-state index contributed by atoms with van der Waals surface area (Å²) in [6.07, 6.45) is 10.3. The highest BCUT2D eigenvalue weighted by Crippen LogP contribution is 2.22. The van der Waals surface area contributed by atoms with Crippen molar-refractivity contribution >= 4 is 86.9 Å². The first kappa shape index (κ1) is 73.8. The maximum absolute atomic E-state index is 14.8. The highest BCUT2D eigenvalue weighted by atomic mass is 16.4. The minimum atomic E-state index is -1.65. The Balaban J connectivity index is 1.17. The zero-order chi connectivity index (χ0) is 69.1. The number of aliphatic imine (C=N–C) groups is 1. The molecule has 0 unspecified atom stereocenters. The van der Waals surface area contributed by atoms with E-state index < -0.39 is 138 Å². The number of carbonyl (C=O) groups excluding carboxylic acids is 9. The standard InChI is InChI=1S/C63H90N20O12/c1-5-34(3)52(82-54(86)42(65)24-38-28-68-32-74-38)60(92)78-46(19-13-21-70-63(66)67)56(88)79-47(22-36-26-71-43-16-9-7-14-40(36)43)57(89)77-45(18-11-12-20-64)55(87)73-30-51(85)76-48(25-39-29-69-33-75-39)58(90)83-53(35(4)6-2)61(93)81-50(31-84)59(91)80-49(62(94)95)23-37-27-72-44-17-10-8-15-41(37)44/h7-10,14-17,26-29,32-35,42,45-50,52-53,71-72,84H,5-6,11-13,18-25,30-31,64-65H2,1-4H3,(H,68,74)(H,69,75)(H,73,87)(H,76,85)(H,77,89)(H,78,92)(H,79,88)(H,80,91)(H,81,93)(H,82,86)(H,83,90)(H,94,95)(H4,66,67,70)/t34-,35-,42-,45-,46-,47-,48-,49-,50-,52-,53-/m0/s1. The number of para-hydroxylation sites is 2. The molecule has 0 spiro atoms. The van der Waals surface area contributed by atoms with Gasteiger partial charge >= 0.3 is 5.97 Å². The zero-order valence-corrected chi connectivity index (χ0v) is 53.7. The number of unbranched alkanes of at least 4 members (excludes halogenated alkanes) is 1. The molecule has 0 saturated carbocycles. The Hall–Kier alpha value is -10.2. The van der Waals surface area contributed by atoms with E-state index in [0.717, 1.165) is 21.8 Å². The molecule has 4 aromatic heterocycles. The number of nitrogens with zero attached hydrogens (tertiary/aromatic N) is 3. The van der Waals surface area contributed by atoms with Gasteiger partial charge in [-0.1, -0.05) is 76.9 Å². The van der Waals surface area contributed by atoms with Gasteiger partial charge in [0.25, 0.3) is 0 Å². The Morgan fingerprint density at radius 1 is 0.537 bits per heavy atom. The Morgan fingerprint density at radius 3 is 1.54 bits per heavy atom. The monoisotopic (exact) mass is 1320 g/mol. The summed E-state index contributed by atoms with van der Waals surface area (Å²) in [6, 6.07) is 2.20. The van der Waals surface area contributed by atoms with Gasteiger partial charge in [0.05, 0.1) is 31.8 Å². The molecule has 0 saturated heterocycles. The van der Waals surface area contributed by atoms with Crippen LogP contribution in [0.4, 0.5) is 0 Å². The second-order valence-corrected chi connectivity index (χ2v) is 23.4. The van der Waals surface area contributed by atoms with Crippen LogP contribution >= 0.6 is 0 Å². The number of carboxylic acid groups (broad SMARTS) is 1. The van der Waals surface area contributed by atoms with Crippen molar-refractivity contribution in [3.05, 3.63) is 108 Å². The molecule has 32 heteroatoms. The van der Waals surface area contributed by atoms with Crippen molar-refractivity contribution in [2.75, 3.05) is 26.2 Å². The Labute approximate surface area is 548 Å². The number of rotatable bonds is 40. The number of carboxylic acids is 1. The van der Waals surface area contributed by atoms with Crippen LogP contribution in [0.2, 0.25) is 0 Å². The van der Waals surface area contributed by atoms with Crippen molar-refractivity contribution in [2.24, 2.45) is 39.8 Å². The molecule has 6 aromatic rings. The summed E-state index contributed by atoms with van der Waals surface area (Å²) in [7, 11) is 0. The van der Waals surface area contributed by atoms with Crippen molar-refractivity contribution in [2.45, 2.75) is 153 Å². The van der Waals surface area contributed by atoms with Crippen molar-refractivity contribution < 1.29 is 58.2 Å². The molecular formula is C63H90N20O12. The van der Waals surface area contributed by atoms with E-state index >= 15 is 0 Å². The van der Waals surface area contributed by atoms with Gasteiger partial charge in [0, 0.05) is 90.2 Å². The SMILES string of the molecule is CC[C@H](C)[C@H](NC(=O)[C@H](Cc1cnc[nH]1)NC(=O)CNC(=O)[C@H](CCCCN)NC(=O)[C@H](Cc1c[nH]c2ccccc12)NC(=O)[C@H](CCCN=C(N)N)NC(=O)[C@@H](NC(=O)[C@@H](N)Cc1cnc[nH]1)[C@@H](C)CC)C(=O)N[C@@H](CO)C(=O)N[C@@H](Cc1c[nH]c2ccccc12)C(=O)O. The first-order valence-corrected chi connectivity index (χ1v) is 31.6. The number of nitrogens with two attached hydrogens (primary N) is 4. The number of aromatic nitrogens is 6. The highest BCUT2D eigenvalue weighted by Gasteiger charge is 2.37. The second-order valence-electron chi connectivity index (χ2n) is 23.4. The van der Waals surface area contributed by atoms with Gasteiger partial charge < -0.3 is 101 Å². The third kappa shape index (κ3) is 22.2. The fourth-order valence-electron chi connectivity index (χ4n) is 10.5. The number of nitrogens with one attached hydrogen (secondary N) is 13. The van der Waals surface area contributed by atoms with Crippen LogP contribution in [0.5, 0.6) is 0 Å². The van der Waals surface area contributed by atoms with Gasteiger partial charge in [0.1, 0.15) is 48.3 Å². The van der Waals surface area contributed by atoms with E-state index in [4.69, 9.17) is 22.9 Å². The van der Waals surface area contributed by atoms with Gasteiger partial charge in [-0.25, -0.2) is 14.8 Å². The number of amides is 9. The Morgan fingerprint density at radius 2 is 1.00 bits per heavy atom. The number of aliphatic carboxylic acids is 1. The molecular weight excluding hydrogens is 1230 g/mol. The van der Waals surface area contributed by atoms with E-state index in [9.17, 15) is 58.2 Å². The molecule has 95 heavy (non-hydrogen) atoms. The van der Waals surface area contributed by atoms with Crippen LogP contribution in [0.3, 0.4) is 0 Å². The largest absolute Gasteiger partial charge is 0.480 e. The number of imidazole rings is 2. The molecule has 0 aliphatic rings. The predicted molar refractivity (Wildman–Crippen MR) is 351 cm³/mol. The van der Waals surface area contributed by atoms with Crippen LogP contribution in [-0.4, -0.2) is 186 Å². The molecule has 2 aromatic carbocycles. The maximum Gasteiger partial charge on any atom is 0.326 e. The summed E-state index contributed by atoms with van der Waals surface area (Å²) in [5, 5.41) is 45.6. The molecule has 11 atom stereocenters. The molecule has 6 rings (SSSR count). The van der Waals surface area contributed by atoms with Gasteiger partial charge in [0.2, 0.25) is 53.2 Å². The molecule has 9 amide bonds. The van der Waals surface area contributed by atoms with Crippen LogP contribution in [0, 0.1) is 11.8 Å². The molecule has 0 aliphatic carbocycles. The summed E-state index contributed by atoms with van der Waals surface area (Å²) < 4.78 is 0. The summed E-state index contributed by atoms with van der Waals surface area (Å²) in [4.78, 5) is 164. The van der Waals surface area contributed by atoms with Gasteiger partial charge in [-0.05, 0) is 73.7 Å². The number of guanidine groups is 1. The van der Waals surface area contributed by atoms with E-state index in [0.29, 0.717) is 48.2 Å². The topological polar surface area (TPSA) is 525 Å². The van der Waals surface area contributed by atoms with Crippen LogP contribution < -0.4 is 70.8 Å². The molecule has 0 aliphatic heterocycles. The first-order chi connectivity index (χ1) is 45.5. The van der Waals surface area contributed by atoms with Crippen molar-refractivity contribution in [3.8, 4) is 0 Å². The Kier molecular flexibility index (Phi) is 28.7. The lowest BCUT2D eigenvalue weighted by Crippen LogP contribution is -2.61. The van der Waals surface area contributed by atoms with Crippen molar-refractivity contribution in [3.63, 3.8) is 0 Å². The number of hydrogen-bond acceptors (Lipinski definition) is 16. The van der Waals surface area contributed by atoms with E-state index in [1.54, 1.807) is 63.5 Å². The molecule has 4 heterocycles. The molecule has 0 bridgehead atoms. The number of benzene rings is 2. The normalized spacial score (nSPS) is 14.8. The molecule has 23 N–H and O–H groups in total. The van der Waals surface area contributed by atoms with Crippen LogP contribution in [0.25, 0.3) is 21.8 Å². The predicted octanol–water partition coefficient (Wildman–Crippen LogP) is -1.96. The third-order valence-corrected chi connectivity index (χ3v) is 16.4. The number of fused-ring (bicyclic) bond motifs is 2. The minimum absolute atomic E-state index is 0.00968. The highest BCUT2D eigenvalue weighted by molar-refractivity contribution is 5.99. The average molecular weight is 1320 g/mol. The lowest BCUT2D eigenvalue weighted by molar-refractivity contribution is -0.142. The Bertz CT molecular complexity index is 3550. The van der Waals surface area contributed by atoms with E-state index in [-0.39, 0.29) is 64.0 Å². The smallest absolute Gasteiger partial charge is 0.326 e. The number of aliphatic hydroxyl groups excluding tert-OH is 1. The number of hydrogen-bond donors (Lipinski definition) is 19. The number of H-pyrrole nitrogens is 4. The molecule has 0 fully saturated rings. The summed E-state index contributed by atoms with van der Waals surface area (Å²) in [5.74, 6) is -10.1. The second kappa shape index (κ2) is 36.9. The summed E-state index contributed by atoms with van der Waals surface area (Å²) in [6.45, 7) is 5.58. The maximum atomic E-state index is 14.8.